The minimum atomic E-state index is -0.817. The summed E-state index contributed by atoms with van der Waals surface area (Å²) >= 11 is 0. The van der Waals surface area contributed by atoms with Gasteiger partial charge in [-0.15, -0.1) is 0 Å². The number of aliphatic hydroxyl groups is 1. The molecule has 10 heteroatoms. The van der Waals surface area contributed by atoms with Crippen molar-refractivity contribution < 1.29 is 29.0 Å². The molecule has 0 spiro atoms. The van der Waals surface area contributed by atoms with Gasteiger partial charge in [0.2, 0.25) is 23.6 Å². The summed E-state index contributed by atoms with van der Waals surface area (Å²) in [7, 11) is 3.27. The number of benzene rings is 1. The number of nitrogens with zero attached hydrogens (tertiary/aromatic N) is 2. The fraction of sp³-hybridized carbons (Fsp3) is 0.706. The normalized spacial score (nSPS) is 19.0. The number of hydrogen-bond acceptors (Lipinski definition) is 6. The minimum absolute atomic E-state index is 0.0550. The molecule has 1 aromatic carbocycles. The first-order valence-corrected chi connectivity index (χ1v) is 16.2. The maximum absolute atomic E-state index is 13.7. The van der Waals surface area contributed by atoms with E-state index in [1.807, 2.05) is 69.9 Å². The highest BCUT2D eigenvalue weighted by Crippen LogP contribution is 2.28. The number of likely N-dealkylation sites (tertiary alicyclic amines) is 1. The van der Waals surface area contributed by atoms with Crippen LogP contribution in [-0.4, -0.2) is 90.0 Å². The van der Waals surface area contributed by atoms with Crippen molar-refractivity contribution in [2.45, 2.75) is 110 Å². The largest absolute Gasteiger partial charge is 0.386 e. The van der Waals surface area contributed by atoms with Gasteiger partial charge in [0.15, 0.2) is 0 Å². The molecule has 7 atom stereocenters. The van der Waals surface area contributed by atoms with Crippen LogP contribution < -0.4 is 10.6 Å². The van der Waals surface area contributed by atoms with E-state index in [0.29, 0.717) is 19.4 Å². The summed E-state index contributed by atoms with van der Waals surface area (Å²) in [6.07, 6.45) is 2.09. The van der Waals surface area contributed by atoms with Gasteiger partial charge in [-0.05, 0) is 43.6 Å². The molecule has 1 saturated heterocycles. The van der Waals surface area contributed by atoms with Gasteiger partial charge < -0.3 is 30.3 Å². The highest BCUT2D eigenvalue weighted by molar-refractivity contribution is 5.85. The molecule has 4 amide bonds. The molecule has 0 saturated carbocycles. The summed E-state index contributed by atoms with van der Waals surface area (Å²) in [5.74, 6) is -0.697. The second-order valence-corrected chi connectivity index (χ2v) is 12.9. The molecule has 248 valence electrons. The molecule has 1 fully saturated rings. The van der Waals surface area contributed by atoms with E-state index in [0.717, 1.165) is 24.8 Å². The Morgan fingerprint density at radius 3 is 2.32 bits per heavy atom. The molecule has 1 aliphatic heterocycles. The first kappa shape index (κ1) is 37.2. The number of hydrogen-bond donors (Lipinski definition) is 3. The van der Waals surface area contributed by atoms with E-state index >= 15 is 0 Å². The number of ether oxygens (including phenoxy) is 1. The van der Waals surface area contributed by atoms with Gasteiger partial charge in [-0.1, -0.05) is 71.4 Å². The average Bonchev–Trinajstić information content (AvgIpc) is 3.46. The second kappa shape index (κ2) is 18.1. The summed E-state index contributed by atoms with van der Waals surface area (Å²) in [4.78, 5) is 55.4. The zero-order valence-corrected chi connectivity index (χ0v) is 28.0. The molecule has 44 heavy (non-hydrogen) atoms. The lowest BCUT2D eigenvalue weighted by Gasteiger charge is -2.38. The third-order valence-electron chi connectivity index (χ3n) is 8.91. The molecule has 2 rings (SSSR count). The quantitative estimate of drug-likeness (QED) is 0.245. The van der Waals surface area contributed by atoms with Crippen molar-refractivity contribution in [3.63, 3.8) is 0 Å². The highest BCUT2D eigenvalue weighted by atomic mass is 16.5. The van der Waals surface area contributed by atoms with Crippen molar-refractivity contribution in [3.8, 4) is 0 Å². The molecule has 1 heterocycles. The van der Waals surface area contributed by atoms with Gasteiger partial charge in [0.05, 0.1) is 37.3 Å². The SMILES string of the molecule is CCC(C)C(C(CC(=O)N1CCC[C@H]1CC(C)C(=O)N[C@H](C)C(O)c1ccccc1)OC)N(C)C(=O)CNC(=O)CC(C)C. The Labute approximate surface area is 264 Å². The second-order valence-electron chi connectivity index (χ2n) is 12.9. The van der Waals surface area contributed by atoms with Crippen LogP contribution in [0.5, 0.6) is 0 Å². The molecule has 3 N–H and O–H groups in total. The van der Waals surface area contributed by atoms with E-state index in [1.54, 1.807) is 26.0 Å². The van der Waals surface area contributed by atoms with E-state index in [4.69, 9.17) is 4.74 Å². The predicted octanol–water partition coefficient (Wildman–Crippen LogP) is 3.68. The number of likely N-dealkylation sites (N-methyl/N-ethyl adjacent to an activating group) is 1. The first-order chi connectivity index (χ1) is 20.8. The minimum Gasteiger partial charge on any atom is -0.386 e. The van der Waals surface area contributed by atoms with E-state index in [-0.39, 0.29) is 66.4 Å². The molecule has 5 unspecified atom stereocenters. The number of rotatable bonds is 17. The number of carbonyl (C=O) groups is 4. The molecule has 1 aromatic rings. The summed E-state index contributed by atoms with van der Waals surface area (Å²) in [6, 6.07) is 8.35. The van der Waals surface area contributed by atoms with E-state index in [2.05, 4.69) is 10.6 Å². The Balaban J connectivity index is 2.02. The van der Waals surface area contributed by atoms with E-state index in [1.165, 1.54) is 0 Å². The Morgan fingerprint density at radius 2 is 1.73 bits per heavy atom. The van der Waals surface area contributed by atoms with Crippen molar-refractivity contribution in [1.29, 1.82) is 0 Å². The summed E-state index contributed by atoms with van der Waals surface area (Å²) in [5, 5.41) is 16.3. The van der Waals surface area contributed by atoms with Crippen LogP contribution in [0.15, 0.2) is 30.3 Å². The van der Waals surface area contributed by atoms with Gasteiger partial charge in [0.1, 0.15) is 0 Å². The van der Waals surface area contributed by atoms with Gasteiger partial charge in [-0.3, -0.25) is 19.2 Å². The van der Waals surface area contributed by atoms with Crippen LogP contribution in [0.25, 0.3) is 0 Å². The van der Waals surface area contributed by atoms with Crippen molar-refractivity contribution in [2.75, 3.05) is 27.2 Å². The first-order valence-electron chi connectivity index (χ1n) is 16.2. The van der Waals surface area contributed by atoms with Crippen LogP contribution in [0.2, 0.25) is 0 Å². The molecular weight excluding hydrogens is 560 g/mol. The van der Waals surface area contributed by atoms with Crippen LogP contribution in [0.1, 0.15) is 91.7 Å². The summed E-state index contributed by atoms with van der Waals surface area (Å²) in [6.45, 7) is 12.1. The molecule has 0 aliphatic carbocycles. The smallest absolute Gasteiger partial charge is 0.242 e. The number of methoxy groups -OCH3 is 1. The topological polar surface area (TPSA) is 128 Å². The van der Waals surface area contributed by atoms with Gasteiger partial charge in [0.25, 0.3) is 0 Å². The third-order valence-corrected chi connectivity index (χ3v) is 8.91. The maximum Gasteiger partial charge on any atom is 0.242 e. The van der Waals surface area contributed by atoms with Crippen LogP contribution in [-0.2, 0) is 23.9 Å². The average molecular weight is 617 g/mol. The lowest BCUT2D eigenvalue weighted by atomic mass is 9.90. The number of nitrogens with one attached hydrogen (secondary N) is 2. The Hall–Kier alpha value is -2.98. The Bertz CT molecular complexity index is 1070. The van der Waals surface area contributed by atoms with Crippen LogP contribution in [0, 0.1) is 17.8 Å². The lowest BCUT2D eigenvalue weighted by Crippen LogP contribution is -2.53. The van der Waals surface area contributed by atoms with Gasteiger partial charge in [-0.25, -0.2) is 0 Å². The standard InChI is InChI=1S/C34H56N4O6/c1-9-23(4)32(37(7)31(41)21-35-29(39)18-22(2)3)28(44-8)20-30(40)38-17-13-16-27(38)19-24(5)34(43)36-25(6)33(42)26-14-11-10-12-15-26/h10-12,14-15,22-25,27-28,32-33,42H,9,13,16-21H2,1-8H3,(H,35,39)(H,36,43)/t23?,24?,25-,27+,28?,32?,33?/m1/s1. The molecule has 0 radical (unpaired) electrons. The highest BCUT2D eigenvalue weighted by Gasteiger charge is 2.37. The zero-order chi connectivity index (χ0) is 33.0. The number of carbonyl (C=O) groups excluding carboxylic acids is 4. The fourth-order valence-electron chi connectivity index (χ4n) is 6.09. The van der Waals surface area contributed by atoms with Crippen molar-refractivity contribution in [3.05, 3.63) is 35.9 Å². The number of aliphatic hydroxyl groups excluding tert-OH is 1. The van der Waals surface area contributed by atoms with Gasteiger partial charge >= 0.3 is 0 Å². The molecule has 0 aromatic heterocycles. The Kier molecular flexibility index (Phi) is 15.3. The number of amides is 4. The molecular formula is C34H56N4O6. The fourth-order valence-corrected chi connectivity index (χ4v) is 6.09. The molecule has 0 bridgehead atoms. The van der Waals surface area contributed by atoms with Crippen LogP contribution in [0.3, 0.4) is 0 Å². The molecule has 1 aliphatic rings. The van der Waals surface area contributed by atoms with E-state index in [9.17, 15) is 24.3 Å². The zero-order valence-electron chi connectivity index (χ0n) is 28.0. The van der Waals surface area contributed by atoms with Crippen molar-refractivity contribution >= 4 is 23.6 Å². The third kappa shape index (κ3) is 10.9. The van der Waals surface area contributed by atoms with Crippen molar-refractivity contribution in [2.24, 2.45) is 17.8 Å². The van der Waals surface area contributed by atoms with Gasteiger partial charge in [0, 0.05) is 39.1 Å². The summed E-state index contributed by atoms with van der Waals surface area (Å²) < 4.78 is 5.86. The lowest BCUT2D eigenvalue weighted by molar-refractivity contribution is -0.143. The Morgan fingerprint density at radius 1 is 1.07 bits per heavy atom. The summed E-state index contributed by atoms with van der Waals surface area (Å²) in [5.41, 5.74) is 0.743. The monoisotopic (exact) mass is 616 g/mol. The van der Waals surface area contributed by atoms with Crippen LogP contribution >= 0.6 is 0 Å². The maximum atomic E-state index is 13.7. The van der Waals surface area contributed by atoms with E-state index < -0.39 is 18.2 Å². The predicted molar refractivity (Wildman–Crippen MR) is 171 cm³/mol. The van der Waals surface area contributed by atoms with Crippen molar-refractivity contribution in [1.82, 2.24) is 20.4 Å². The van der Waals surface area contributed by atoms with Gasteiger partial charge in [-0.2, -0.15) is 0 Å². The molecule has 10 nitrogen and oxygen atoms in total. The van der Waals surface area contributed by atoms with Crippen LogP contribution in [0.4, 0.5) is 0 Å².